The Morgan fingerprint density at radius 2 is 2.33 bits per heavy atom. The maximum absolute atomic E-state index is 11.0. The third kappa shape index (κ3) is 1.11. The number of aldehydes is 1. The molecule has 1 aliphatic heterocycles. The molecule has 1 N–H and O–H groups in total. The molecular weight excluding hydrogens is 172 g/mol. The van der Waals surface area contributed by atoms with Gasteiger partial charge in [0.2, 0.25) is 0 Å². The van der Waals surface area contributed by atoms with Crippen LogP contribution in [0.3, 0.4) is 0 Å². The molecular formula is C9H14O2S. The minimum absolute atomic E-state index is 0.208. The summed E-state index contributed by atoms with van der Waals surface area (Å²) in [6, 6.07) is 0. The Morgan fingerprint density at radius 1 is 1.50 bits per heavy atom. The van der Waals surface area contributed by atoms with E-state index in [0.717, 1.165) is 37.7 Å². The van der Waals surface area contributed by atoms with Crippen molar-refractivity contribution in [1.29, 1.82) is 0 Å². The molecule has 0 aromatic carbocycles. The Bertz CT molecular complexity index is 187. The van der Waals surface area contributed by atoms with E-state index in [1.54, 1.807) is 11.8 Å². The highest BCUT2D eigenvalue weighted by molar-refractivity contribution is 8.01. The van der Waals surface area contributed by atoms with Crippen LogP contribution in [0.4, 0.5) is 0 Å². The molecule has 3 atom stereocenters. The molecule has 0 aromatic heterocycles. The number of carbonyl (C=O) groups excluding carboxylic acids is 1. The summed E-state index contributed by atoms with van der Waals surface area (Å²) in [6.45, 7) is 0. The molecule has 1 aliphatic carbocycles. The van der Waals surface area contributed by atoms with Crippen molar-refractivity contribution in [3.63, 3.8) is 0 Å². The maximum Gasteiger partial charge on any atom is 0.136 e. The Hall–Kier alpha value is -0.0200. The predicted molar refractivity (Wildman–Crippen MR) is 49.2 cm³/mol. The van der Waals surface area contributed by atoms with E-state index in [-0.39, 0.29) is 16.8 Å². The SMILES string of the molecule is O=CC1(C2CCC2O)CCCS1. The number of aliphatic hydroxyl groups is 1. The first-order valence-electron chi connectivity index (χ1n) is 4.57. The summed E-state index contributed by atoms with van der Waals surface area (Å²) in [5, 5.41) is 9.49. The molecule has 0 radical (unpaired) electrons. The summed E-state index contributed by atoms with van der Waals surface area (Å²) in [5.41, 5.74) is 0. The van der Waals surface area contributed by atoms with Crippen LogP contribution in [0, 0.1) is 5.92 Å². The fraction of sp³-hybridized carbons (Fsp3) is 0.889. The van der Waals surface area contributed by atoms with E-state index >= 15 is 0 Å². The van der Waals surface area contributed by atoms with Crippen molar-refractivity contribution in [3.8, 4) is 0 Å². The van der Waals surface area contributed by atoms with Crippen molar-refractivity contribution in [2.24, 2.45) is 5.92 Å². The lowest BCUT2D eigenvalue weighted by molar-refractivity contribution is -0.114. The molecule has 1 heterocycles. The fourth-order valence-corrected chi connectivity index (χ4v) is 3.72. The number of hydrogen-bond donors (Lipinski definition) is 1. The molecule has 2 nitrogen and oxygen atoms in total. The van der Waals surface area contributed by atoms with Crippen molar-refractivity contribution < 1.29 is 9.90 Å². The summed E-state index contributed by atoms with van der Waals surface area (Å²) >= 11 is 1.75. The first kappa shape index (κ1) is 8.57. The van der Waals surface area contributed by atoms with Crippen LogP contribution >= 0.6 is 11.8 Å². The molecule has 1 saturated carbocycles. The van der Waals surface area contributed by atoms with Gasteiger partial charge in [-0.05, 0) is 31.4 Å². The summed E-state index contributed by atoms with van der Waals surface area (Å²) in [7, 11) is 0. The highest BCUT2D eigenvalue weighted by atomic mass is 32.2. The minimum Gasteiger partial charge on any atom is -0.393 e. The third-order valence-electron chi connectivity index (χ3n) is 3.15. The third-order valence-corrected chi connectivity index (χ3v) is 4.78. The fourth-order valence-electron chi connectivity index (χ4n) is 2.21. The van der Waals surface area contributed by atoms with Crippen LogP contribution in [0.5, 0.6) is 0 Å². The molecule has 2 aliphatic rings. The van der Waals surface area contributed by atoms with Crippen molar-refractivity contribution in [3.05, 3.63) is 0 Å². The van der Waals surface area contributed by atoms with Crippen LogP contribution < -0.4 is 0 Å². The van der Waals surface area contributed by atoms with Crippen LogP contribution in [0.2, 0.25) is 0 Å². The Balaban J connectivity index is 2.10. The monoisotopic (exact) mass is 186 g/mol. The second kappa shape index (κ2) is 3.04. The lowest BCUT2D eigenvalue weighted by atomic mass is 9.72. The molecule has 12 heavy (non-hydrogen) atoms. The van der Waals surface area contributed by atoms with Gasteiger partial charge in [-0.2, -0.15) is 0 Å². The largest absolute Gasteiger partial charge is 0.393 e. The molecule has 3 unspecified atom stereocenters. The van der Waals surface area contributed by atoms with Gasteiger partial charge in [0.25, 0.3) is 0 Å². The quantitative estimate of drug-likeness (QED) is 0.659. The maximum atomic E-state index is 11.0. The first-order chi connectivity index (χ1) is 5.78. The minimum atomic E-state index is -0.211. The Kier molecular flexibility index (Phi) is 2.17. The predicted octanol–water partition coefficient (Wildman–Crippen LogP) is 1.22. The van der Waals surface area contributed by atoms with Crippen LogP contribution in [-0.4, -0.2) is 28.0 Å². The molecule has 2 rings (SSSR count). The van der Waals surface area contributed by atoms with E-state index in [0.29, 0.717) is 0 Å². The molecule has 0 spiro atoms. The van der Waals surface area contributed by atoms with E-state index in [1.807, 2.05) is 0 Å². The van der Waals surface area contributed by atoms with E-state index < -0.39 is 0 Å². The van der Waals surface area contributed by atoms with E-state index in [4.69, 9.17) is 0 Å². The molecule has 3 heteroatoms. The van der Waals surface area contributed by atoms with Crippen molar-refractivity contribution in [2.45, 2.75) is 36.5 Å². The molecule has 0 aromatic rings. The smallest absolute Gasteiger partial charge is 0.136 e. The van der Waals surface area contributed by atoms with Crippen molar-refractivity contribution >= 4 is 18.0 Å². The zero-order chi connectivity index (χ0) is 8.60. The van der Waals surface area contributed by atoms with Gasteiger partial charge < -0.3 is 9.90 Å². The highest BCUT2D eigenvalue weighted by Gasteiger charge is 2.49. The van der Waals surface area contributed by atoms with E-state index in [9.17, 15) is 9.90 Å². The average molecular weight is 186 g/mol. The first-order valence-corrected chi connectivity index (χ1v) is 5.55. The number of thioether (sulfide) groups is 1. The molecule has 68 valence electrons. The van der Waals surface area contributed by atoms with Crippen LogP contribution in [-0.2, 0) is 4.79 Å². The average Bonchev–Trinajstić information content (AvgIpc) is 2.51. The summed E-state index contributed by atoms with van der Waals surface area (Å²) in [6.07, 6.45) is 4.90. The zero-order valence-electron chi connectivity index (χ0n) is 7.03. The van der Waals surface area contributed by atoms with E-state index in [1.165, 1.54) is 0 Å². The lowest BCUT2D eigenvalue weighted by Crippen LogP contribution is -2.47. The summed E-state index contributed by atoms with van der Waals surface area (Å²) in [5.74, 6) is 1.34. The standard InChI is InChI=1S/C9H14O2S/c10-6-9(4-1-5-12-9)7-2-3-8(7)11/h6-8,11H,1-5H2. The van der Waals surface area contributed by atoms with Gasteiger partial charge in [-0.15, -0.1) is 11.8 Å². The van der Waals surface area contributed by atoms with Gasteiger partial charge in [0.1, 0.15) is 6.29 Å². The van der Waals surface area contributed by atoms with Gasteiger partial charge in [0.15, 0.2) is 0 Å². The summed E-state index contributed by atoms with van der Waals surface area (Å²) in [4.78, 5) is 11.0. The number of hydrogen-bond acceptors (Lipinski definition) is 3. The van der Waals surface area contributed by atoms with Crippen LogP contribution in [0.15, 0.2) is 0 Å². The molecule has 0 bridgehead atoms. The van der Waals surface area contributed by atoms with E-state index in [2.05, 4.69) is 0 Å². The second-order valence-corrected chi connectivity index (χ2v) is 5.23. The summed E-state index contributed by atoms with van der Waals surface area (Å²) < 4.78 is -0.211. The van der Waals surface area contributed by atoms with Crippen molar-refractivity contribution in [2.75, 3.05) is 5.75 Å². The molecule has 1 saturated heterocycles. The van der Waals surface area contributed by atoms with Gasteiger partial charge in [0, 0.05) is 5.92 Å². The van der Waals surface area contributed by atoms with Gasteiger partial charge >= 0.3 is 0 Å². The Labute approximate surface area is 76.7 Å². The van der Waals surface area contributed by atoms with Gasteiger partial charge in [0.05, 0.1) is 10.9 Å². The molecule has 0 amide bonds. The van der Waals surface area contributed by atoms with Gasteiger partial charge in [-0.25, -0.2) is 0 Å². The van der Waals surface area contributed by atoms with Crippen LogP contribution in [0.1, 0.15) is 25.7 Å². The normalized spacial score (nSPS) is 47.1. The molecule has 2 fully saturated rings. The lowest BCUT2D eigenvalue weighted by Gasteiger charge is -2.42. The van der Waals surface area contributed by atoms with Crippen LogP contribution in [0.25, 0.3) is 0 Å². The topological polar surface area (TPSA) is 37.3 Å². The number of carbonyl (C=O) groups is 1. The zero-order valence-corrected chi connectivity index (χ0v) is 7.85. The number of rotatable bonds is 2. The van der Waals surface area contributed by atoms with Crippen molar-refractivity contribution in [1.82, 2.24) is 0 Å². The number of aliphatic hydroxyl groups excluding tert-OH is 1. The second-order valence-electron chi connectivity index (χ2n) is 3.78. The highest BCUT2D eigenvalue weighted by Crippen LogP contribution is 2.49. The Morgan fingerprint density at radius 3 is 2.67 bits per heavy atom. The van der Waals surface area contributed by atoms with Gasteiger partial charge in [-0.1, -0.05) is 0 Å². The van der Waals surface area contributed by atoms with Gasteiger partial charge in [-0.3, -0.25) is 0 Å².